The summed E-state index contributed by atoms with van der Waals surface area (Å²) in [4.78, 5) is 16.8. The Morgan fingerprint density at radius 3 is 2.85 bits per heavy atom. The summed E-state index contributed by atoms with van der Waals surface area (Å²) in [6.45, 7) is 6.98. The number of hydrogen-bond donors (Lipinski definition) is 0. The Bertz CT molecular complexity index is 450. The fourth-order valence-electron chi connectivity index (χ4n) is 2.67. The predicted octanol–water partition coefficient (Wildman–Crippen LogP) is 2.47. The molecular formula is C16H23BrN2O. The second kappa shape index (κ2) is 7.79. The van der Waals surface area contributed by atoms with E-state index in [-0.39, 0.29) is 5.91 Å². The van der Waals surface area contributed by atoms with Gasteiger partial charge in [0, 0.05) is 31.5 Å². The number of carbonyl (C=O) groups excluding carboxylic acids is 1. The number of carbonyl (C=O) groups is 1. The maximum absolute atomic E-state index is 12.4. The van der Waals surface area contributed by atoms with E-state index in [1.54, 1.807) is 0 Å². The third-order valence-electron chi connectivity index (χ3n) is 3.78. The molecule has 0 unspecified atom stereocenters. The van der Waals surface area contributed by atoms with Crippen molar-refractivity contribution >= 4 is 21.8 Å². The molecule has 0 aromatic heterocycles. The van der Waals surface area contributed by atoms with Gasteiger partial charge in [-0.15, -0.1) is 0 Å². The molecule has 1 amide bonds. The zero-order valence-electron chi connectivity index (χ0n) is 12.1. The molecule has 0 bridgehead atoms. The van der Waals surface area contributed by atoms with Crippen LogP contribution in [-0.2, 0) is 11.2 Å². The Morgan fingerprint density at radius 2 is 2.10 bits per heavy atom. The van der Waals surface area contributed by atoms with E-state index < -0.39 is 0 Å². The lowest BCUT2D eigenvalue weighted by Crippen LogP contribution is -2.36. The third kappa shape index (κ3) is 4.60. The summed E-state index contributed by atoms with van der Waals surface area (Å²) in [5, 5.41) is 1.00. The molecule has 110 valence electrons. The molecule has 0 spiro atoms. The number of rotatable bonds is 4. The van der Waals surface area contributed by atoms with E-state index in [1.165, 1.54) is 5.56 Å². The lowest BCUT2D eigenvalue weighted by molar-refractivity contribution is -0.130. The standard InChI is InChI=1S/C16H23BrN2O/c1-14-4-2-5-15(12-14)13-16(20)19-8-3-7-18(9-6-17)10-11-19/h2,4-5,12H,3,6-11,13H2,1H3. The SMILES string of the molecule is Cc1cccc(CC(=O)N2CCCN(CCBr)CC2)c1. The van der Waals surface area contributed by atoms with Gasteiger partial charge in [-0.3, -0.25) is 4.79 Å². The summed E-state index contributed by atoms with van der Waals surface area (Å²) in [6, 6.07) is 8.24. The number of alkyl halides is 1. The van der Waals surface area contributed by atoms with Crippen LogP contribution in [-0.4, -0.2) is 53.8 Å². The highest BCUT2D eigenvalue weighted by Gasteiger charge is 2.18. The summed E-state index contributed by atoms with van der Waals surface area (Å²) in [6.07, 6.45) is 1.60. The first kappa shape index (κ1) is 15.5. The Kier molecular flexibility index (Phi) is 6.05. The second-order valence-electron chi connectivity index (χ2n) is 5.43. The van der Waals surface area contributed by atoms with Crippen molar-refractivity contribution in [2.24, 2.45) is 0 Å². The molecule has 0 atom stereocenters. The fraction of sp³-hybridized carbons (Fsp3) is 0.562. The van der Waals surface area contributed by atoms with Crippen LogP contribution < -0.4 is 0 Å². The van der Waals surface area contributed by atoms with E-state index in [4.69, 9.17) is 0 Å². The third-order valence-corrected chi connectivity index (χ3v) is 4.13. The minimum atomic E-state index is 0.260. The van der Waals surface area contributed by atoms with Crippen molar-refractivity contribution in [3.8, 4) is 0 Å². The Balaban J connectivity index is 1.89. The van der Waals surface area contributed by atoms with Gasteiger partial charge in [0.1, 0.15) is 0 Å². The number of nitrogens with zero attached hydrogens (tertiary/aromatic N) is 2. The number of amides is 1. The molecule has 1 aromatic rings. The number of aryl methyl sites for hydroxylation is 1. The van der Waals surface area contributed by atoms with Crippen LogP contribution in [0.5, 0.6) is 0 Å². The van der Waals surface area contributed by atoms with Crippen LogP contribution in [0.15, 0.2) is 24.3 Å². The summed E-state index contributed by atoms with van der Waals surface area (Å²) in [7, 11) is 0. The number of benzene rings is 1. The van der Waals surface area contributed by atoms with Crippen LogP contribution in [0.25, 0.3) is 0 Å². The lowest BCUT2D eigenvalue weighted by Gasteiger charge is -2.21. The van der Waals surface area contributed by atoms with Gasteiger partial charge in [-0.25, -0.2) is 0 Å². The van der Waals surface area contributed by atoms with E-state index in [1.807, 2.05) is 17.0 Å². The van der Waals surface area contributed by atoms with E-state index in [0.29, 0.717) is 6.42 Å². The highest BCUT2D eigenvalue weighted by molar-refractivity contribution is 9.09. The van der Waals surface area contributed by atoms with Gasteiger partial charge in [0.15, 0.2) is 0 Å². The van der Waals surface area contributed by atoms with Gasteiger partial charge in [0.05, 0.1) is 6.42 Å². The van der Waals surface area contributed by atoms with Crippen molar-refractivity contribution in [2.75, 3.05) is 38.1 Å². The van der Waals surface area contributed by atoms with Gasteiger partial charge in [-0.05, 0) is 25.5 Å². The summed E-state index contributed by atoms with van der Waals surface area (Å²) < 4.78 is 0. The molecule has 4 heteroatoms. The topological polar surface area (TPSA) is 23.6 Å². The number of hydrogen-bond acceptors (Lipinski definition) is 2. The van der Waals surface area contributed by atoms with Gasteiger partial charge in [0.25, 0.3) is 0 Å². The lowest BCUT2D eigenvalue weighted by atomic mass is 10.1. The zero-order chi connectivity index (χ0) is 14.4. The molecular weight excluding hydrogens is 316 g/mol. The molecule has 3 nitrogen and oxygen atoms in total. The van der Waals surface area contributed by atoms with Crippen molar-refractivity contribution in [2.45, 2.75) is 19.8 Å². The smallest absolute Gasteiger partial charge is 0.227 e. The van der Waals surface area contributed by atoms with Gasteiger partial charge in [0.2, 0.25) is 5.91 Å². The van der Waals surface area contributed by atoms with Crippen molar-refractivity contribution in [3.63, 3.8) is 0 Å². The van der Waals surface area contributed by atoms with Crippen molar-refractivity contribution in [1.29, 1.82) is 0 Å². The molecule has 0 aliphatic carbocycles. The molecule has 1 fully saturated rings. The van der Waals surface area contributed by atoms with Crippen LogP contribution in [0.1, 0.15) is 17.5 Å². The maximum atomic E-state index is 12.4. The van der Waals surface area contributed by atoms with Crippen LogP contribution in [0, 0.1) is 6.92 Å². The van der Waals surface area contributed by atoms with Crippen LogP contribution in [0.3, 0.4) is 0 Å². The molecule has 2 rings (SSSR count). The fourth-order valence-corrected chi connectivity index (χ4v) is 3.17. The summed E-state index contributed by atoms with van der Waals surface area (Å²) in [5.74, 6) is 0.260. The first-order chi connectivity index (χ1) is 9.69. The Labute approximate surface area is 130 Å². The first-order valence-corrected chi connectivity index (χ1v) is 8.43. The molecule has 1 saturated heterocycles. The minimum absolute atomic E-state index is 0.260. The van der Waals surface area contributed by atoms with Crippen LogP contribution in [0.4, 0.5) is 0 Å². The first-order valence-electron chi connectivity index (χ1n) is 7.30. The van der Waals surface area contributed by atoms with Crippen LogP contribution in [0.2, 0.25) is 0 Å². The largest absolute Gasteiger partial charge is 0.341 e. The molecule has 1 aromatic carbocycles. The molecule has 0 N–H and O–H groups in total. The van der Waals surface area contributed by atoms with Gasteiger partial charge in [-0.2, -0.15) is 0 Å². The molecule has 20 heavy (non-hydrogen) atoms. The van der Waals surface area contributed by atoms with Gasteiger partial charge in [-0.1, -0.05) is 45.8 Å². The molecule has 1 aliphatic heterocycles. The van der Waals surface area contributed by atoms with Crippen molar-refractivity contribution in [1.82, 2.24) is 9.80 Å². The maximum Gasteiger partial charge on any atom is 0.227 e. The minimum Gasteiger partial charge on any atom is -0.341 e. The van der Waals surface area contributed by atoms with E-state index >= 15 is 0 Å². The number of halogens is 1. The normalized spacial score (nSPS) is 17.0. The molecule has 0 saturated carbocycles. The average Bonchev–Trinajstić information content (AvgIpc) is 2.65. The van der Waals surface area contributed by atoms with Crippen LogP contribution >= 0.6 is 15.9 Å². The van der Waals surface area contributed by atoms with E-state index in [0.717, 1.165) is 50.0 Å². The van der Waals surface area contributed by atoms with Crippen molar-refractivity contribution < 1.29 is 4.79 Å². The Hall–Kier alpha value is -0.870. The molecule has 1 heterocycles. The van der Waals surface area contributed by atoms with Gasteiger partial charge >= 0.3 is 0 Å². The zero-order valence-corrected chi connectivity index (χ0v) is 13.7. The Morgan fingerprint density at radius 1 is 1.25 bits per heavy atom. The predicted molar refractivity (Wildman–Crippen MR) is 86.3 cm³/mol. The summed E-state index contributed by atoms with van der Waals surface area (Å²) >= 11 is 3.48. The quantitative estimate of drug-likeness (QED) is 0.787. The second-order valence-corrected chi connectivity index (χ2v) is 6.22. The average molecular weight is 339 g/mol. The van der Waals surface area contributed by atoms with E-state index in [2.05, 4.69) is 39.9 Å². The monoisotopic (exact) mass is 338 g/mol. The van der Waals surface area contributed by atoms with Gasteiger partial charge < -0.3 is 9.80 Å². The molecule has 0 radical (unpaired) electrons. The van der Waals surface area contributed by atoms with Crippen molar-refractivity contribution in [3.05, 3.63) is 35.4 Å². The summed E-state index contributed by atoms with van der Waals surface area (Å²) in [5.41, 5.74) is 2.34. The highest BCUT2D eigenvalue weighted by Crippen LogP contribution is 2.09. The molecule has 1 aliphatic rings. The highest BCUT2D eigenvalue weighted by atomic mass is 79.9. The van der Waals surface area contributed by atoms with E-state index in [9.17, 15) is 4.79 Å².